The molecule has 6 heteroatoms. The van der Waals surface area contributed by atoms with Crippen molar-refractivity contribution >= 4 is 23.4 Å². The molecule has 2 amide bonds. The summed E-state index contributed by atoms with van der Waals surface area (Å²) in [7, 11) is 0. The standard InChI is InChI=1S/C22H32N2O4/c1-13(25)23-17(19(27)21(3,4)5)15-11-9-10-12-16(15)18(24-14(2)26)20(28)22(6,7)8/h9-12,17-18H,1-8H3,(H,23,25)(H,24,26). The molecule has 0 aliphatic heterocycles. The van der Waals surface area contributed by atoms with Crippen molar-refractivity contribution in [3.05, 3.63) is 35.4 Å². The first kappa shape index (κ1) is 23.5. The Balaban J connectivity index is 3.64. The lowest BCUT2D eigenvalue weighted by Crippen LogP contribution is -2.42. The molecule has 154 valence electrons. The number of hydrogen-bond donors (Lipinski definition) is 2. The van der Waals surface area contributed by atoms with Crippen molar-refractivity contribution < 1.29 is 19.2 Å². The van der Waals surface area contributed by atoms with Crippen LogP contribution in [0.25, 0.3) is 0 Å². The van der Waals surface area contributed by atoms with Crippen LogP contribution in [0.15, 0.2) is 24.3 Å². The zero-order valence-corrected chi connectivity index (χ0v) is 18.1. The van der Waals surface area contributed by atoms with Crippen LogP contribution < -0.4 is 10.6 Å². The molecule has 0 fully saturated rings. The molecule has 6 nitrogen and oxygen atoms in total. The maximum absolute atomic E-state index is 13.1. The lowest BCUT2D eigenvalue weighted by molar-refractivity contribution is -0.132. The molecule has 0 bridgehead atoms. The van der Waals surface area contributed by atoms with E-state index in [-0.39, 0.29) is 23.4 Å². The molecule has 0 saturated heterocycles. The number of benzene rings is 1. The molecule has 0 saturated carbocycles. The third-order valence-corrected chi connectivity index (χ3v) is 4.32. The maximum Gasteiger partial charge on any atom is 0.217 e. The van der Waals surface area contributed by atoms with Crippen LogP contribution in [0.5, 0.6) is 0 Å². The number of carbonyl (C=O) groups is 4. The highest BCUT2D eigenvalue weighted by atomic mass is 16.2. The van der Waals surface area contributed by atoms with Gasteiger partial charge in [0.05, 0.1) is 0 Å². The first-order chi connectivity index (χ1) is 12.7. The third-order valence-electron chi connectivity index (χ3n) is 4.32. The minimum atomic E-state index is -0.919. The van der Waals surface area contributed by atoms with Gasteiger partial charge in [-0.2, -0.15) is 0 Å². The molecule has 0 heterocycles. The summed E-state index contributed by atoms with van der Waals surface area (Å²) in [4.78, 5) is 49.8. The van der Waals surface area contributed by atoms with Gasteiger partial charge in [0.15, 0.2) is 11.6 Å². The van der Waals surface area contributed by atoms with Crippen molar-refractivity contribution in [3.63, 3.8) is 0 Å². The van der Waals surface area contributed by atoms with Crippen LogP contribution in [0.3, 0.4) is 0 Å². The summed E-state index contributed by atoms with van der Waals surface area (Å²) in [5.74, 6) is -1.06. The van der Waals surface area contributed by atoms with Crippen molar-refractivity contribution in [2.24, 2.45) is 10.8 Å². The quantitative estimate of drug-likeness (QED) is 0.782. The SMILES string of the molecule is CC(=O)NC(C(=O)C(C)(C)C)c1ccccc1C(NC(C)=O)C(=O)C(C)(C)C. The molecule has 1 aromatic carbocycles. The number of hydrogen-bond acceptors (Lipinski definition) is 4. The largest absolute Gasteiger partial charge is 0.342 e. The summed E-state index contributed by atoms with van der Waals surface area (Å²) in [6, 6.07) is 5.08. The summed E-state index contributed by atoms with van der Waals surface area (Å²) >= 11 is 0. The molecule has 0 aliphatic rings. The molecule has 2 unspecified atom stereocenters. The molecular weight excluding hydrogens is 356 g/mol. The monoisotopic (exact) mass is 388 g/mol. The molecule has 1 rings (SSSR count). The second-order valence-corrected chi connectivity index (χ2v) is 9.12. The van der Waals surface area contributed by atoms with Crippen LogP contribution >= 0.6 is 0 Å². The Kier molecular flexibility index (Phi) is 7.29. The van der Waals surface area contributed by atoms with E-state index >= 15 is 0 Å². The fourth-order valence-electron chi connectivity index (χ4n) is 2.88. The highest BCUT2D eigenvalue weighted by Crippen LogP contribution is 2.33. The van der Waals surface area contributed by atoms with E-state index in [0.29, 0.717) is 11.1 Å². The van der Waals surface area contributed by atoms with Crippen LogP contribution in [0, 0.1) is 10.8 Å². The smallest absolute Gasteiger partial charge is 0.217 e. The highest BCUT2D eigenvalue weighted by molar-refractivity contribution is 5.96. The topological polar surface area (TPSA) is 92.3 Å². The zero-order chi connectivity index (χ0) is 21.9. The van der Waals surface area contributed by atoms with Gasteiger partial charge in [0, 0.05) is 24.7 Å². The Morgan fingerprint density at radius 2 is 0.964 bits per heavy atom. The Labute approximate surface area is 167 Å². The first-order valence-corrected chi connectivity index (χ1v) is 9.38. The Morgan fingerprint density at radius 1 is 0.679 bits per heavy atom. The summed E-state index contributed by atoms with van der Waals surface area (Å²) in [5.41, 5.74) is -0.404. The summed E-state index contributed by atoms with van der Waals surface area (Å²) in [6.07, 6.45) is 0. The Bertz CT molecular complexity index is 704. The van der Waals surface area contributed by atoms with Gasteiger partial charge in [0.1, 0.15) is 12.1 Å². The van der Waals surface area contributed by atoms with Gasteiger partial charge in [0.25, 0.3) is 0 Å². The van der Waals surface area contributed by atoms with E-state index in [1.807, 2.05) is 0 Å². The van der Waals surface area contributed by atoms with Gasteiger partial charge in [-0.1, -0.05) is 65.8 Å². The second kappa shape index (κ2) is 8.67. The van der Waals surface area contributed by atoms with Crippen LogP contribution in [0.4, 0.5) is 0 Å². The second-order valence-electron chi connectivity index (χ2n) is 9.12. The predicted molar refractivity (Wildman–Crippen MR) is 108 cm³/mol. The van der Waals surface area contributed by atoms with Crippen molar-refractivity contribution in [1.82, 2.24) is 10.6 Å². The fourth-order valence-corrected chi connectivity index (χ4v) is 2.88. The Hall–Kier alpha value is -2.50. The Morgan fingerprint density at radius 3 is 1.18 bits per heavy atom. The van der Waals surface area contributed by atoms with Crippen molar-refractivity contribution in [3.8, 4) is 0 Å². The highest BCUT2D eigenvalue weighted by Gasteiger charge is 2.37. The molecule has 2 N–H and O–H groups in total. The minimum Gasteiger partial charge on any atom is -0.342 e. The van der Waals surface area contributed by atoms with Crippen molar-refractivity contribution in [1.29, 1.82) is 0 Å². The first-order valence-electron chi connectivity index (χ1n) is 9.38. The summed E-state index contributed by atoms with van der Waals surface area (Å²) < 4.78 is 0. The van der Waals surface area contributed by atoms with Gasteiger partial charge in [0.2, 0.25) is 11.8 Å². The van der Waals surface area contributed by atoms with E-state index in [0.717, 1.165) is 0 Å². The lowest BCUT2D eigenvalue weighted by atomic mass is 9.78. The molecule has 0 aromatic heterocycles. The average molecular weight is 389 g/mol. The molecule has 0 spiro atoms. The van der Waals surface area contributed by atoms with E-state index in [2.05, 4.69) is 10.6 Å². The lowest BCUT2D eigenvalue weighted by Gasteiger charge is -2.31. The number of amides is 2. The van der Waals surface area contributed by atoms with Crippen LogP contribution in [0.1, 0.15) is 78.6 Å². The van der Waals surface area contributed by atoms with Gasteiger partial charge in [-0.05, 0) is 11.1 Å². The molecular formula is C22H32N2O4. The summed E-state index contributed by atoms with van der Waals surface area (Å²) in [5, 5.41) is 5.43. The molecule has 2 atom stereocenters. The van der Waals surface area contributed by atoms with Crippen LogP contribution in [0.2, 0.25) is 0 Å². The molecule has 0 radical (unpaired) electrons. The number of Topliss-reactive ketones (excluding diaryl/α,β-unsaturated/α-hetero) is 2. The van der Waals surface area contributed by atoms with Gasteiger partial charge < -0.3 is 10.6 Å². The predicted octanol–water partition coefficient (Wildman–Crippen LogP) is 3.27. The number of rotatable bonds is 6. The number of carbonyl (C=O) groups excluding carboxylic acids is 4. The van der Waals surface area contributed by atoms with Crippen molar-refractivity contribution in [2.75, 3.05) is 0 Å². The number of ketones is 2. The van der Waals surface area contributed by atoms with E-state index in [1.54, 1.807) is 65.8 Å². The average Bonchev–Trinajstić information content (AvgIpc) is 2.54. The normalized spacial score (nSPS) is 14.0. The zero-order valence-electron chi connectivity index (χ0n) is 18.1. The maximum atomic E-state index is 13.1. The van der Waals surface area contributed by atoms with Crippen LogP contribution in [-0.2, 0) is 19.2 Å². The summed E-state index contributed by atoms with van der Waals surface area (Å²) in [6.45, 7) is 13.3. The van der Waals surface area contributed by atoms with Gasteiger partial charge >= 0.3 is 0 Å². The molecule has 1 aromatic rings. The molecule has 0 aliphatic carbocycles. The van der Waals surface area contributed by atoms with E-state index in [1.165, 1.54) is 13.8 Å². The van der Waals surface area contributed by atoms with E-state index < -0.39 is 22.9 Å². The molecule has 28 heavy (non-hydrogen) atoms. The van der Waals surface area contributed by atoms with E-state index in [9.17, 15) is 19.2 Å². The van der Waals surface area contributed by atoms with Gasteiger partial charge in [-0.15, -0.1) is 0 Å². The van der Waals surface area contributed by atoms with Gasteiger partial charge in [-0.25, -0.2) is 0 Å². The van der Waals surface area contributed by atoms with E-state index in [4.69, 9.17) is 0 Å². The minimum absolute atomic E-state index is 0.181. The third kappa shape index (κ3) is 6.01. The fraction of sp³-hybridized carbons (Fsp3) is 0.545. The number of nitrogens with one attached hydrogen (secondary N) is 2. The van der Waals surface area contributed by atoms with Gasteiger partial charge in [-0.3, -0.25) is 19.2 Å². The van der Waals surface area contributed by atoms with Crippen molar-refractivity contribution in [2.45, 2.75) is 67.5 Å². The van der Waals surface area contributed by atoms with Crippen LogP contribution in [-0.4, -0.2) is 23.4 Å².